The first-order valence-electron chi connectivity index (χ1n) is 6.98. The second kappa shape index (κ2) is 5.95. The molecule has 0 unspecified atom stereocenters. The van der Waals surface area contributed by atoms with Gasteiger partial charge in [-0.25, -0.2) is 0 Å². The zero-order chi connectivity index (χ0) is 13.8. The van der Waals surface area contributed by atoms with Gasteiger partial charge in [0.05, 0.1) is 11.4 Å². The van der Waals surface area contributed by atoms with E-state index in [0.29, 0.717) is 11.3 Å². The maximum Gasteiger partial charge on any atom is 0.248 e. The summed E-state index contributed by atoms with van der Waals surface area (Å²) < 4.78 is 0. The molecule has 19 heavy (non-hydrogen) atoms. The second-order valence-corrected chi connectivity index (χ2v) is 5.52. The summed E-state index contributed by atoms with van der Waals surface area (Å²) in [6.07, 6.45) is 6.60. The lowest BCUT2D eigenvalue weighted by atomic mass is 9.89. The van der Waals surface area contributed by atoms with Crippen molar-refractivity contribution in [2.75, 3.05) is 24.2 Å². The number of rotatable bonds is 4. The van der Waals surface area contributed by atoms with Crippen molar-refractivity contribution >= 4 is 17.3 Å². The highest BCUT2D eigenvalue weighted by atomic mass is 16.1. The van der Waals surface area contributed by atoms with Gasteiger partial charge in [-0.05, 0) is 37.0 Å². The summed E-state index contributed by atoms with van der Waals surface area (Å²) in [5, 5.41) is 0. The van der Waals surface area contributed by atoms with Crippen LogP contribution in [0.3, 0.4) is 0 Å². The highest BCUT2D eigenvalue weighted by Gasteiger charge is 2.17. The fourth-order valence-corrected chi connectivity index (χ4v) is 2.88. The van der Waals surface area contributed by atoms with Gasteiger partial charge in [0.25, 0.3) is 0 Å². The van der Waals surface area contributed by atoms with Crippen LogP contribution >= 0.6 is 0 Å². The van der Waals surface area contributed by atoms with Crippen LogP contribution in [0.15, 0.2) is 18.2 Å². The van der Waals surface area contributed by atoms with Crippen LogP contribution in [0.2, 0.25) is 0 Å². The fraction of sp³-hybridized carbons (Fsp3) is 0.533. The number of nitrogens with two attached hydrogens (primary N) is 2. The largest absolute Gasteiger partial charge is 0.397 e. The van der Waals surface area contributed by atoms with Crippen molar-refractivity contribution in [3.63, 3.8) is 0 Å². The molecule has 0 bridgehead atoms. The lowest BCUT2D eigenvalue weighted by molar-refractivity contribution is 0.100. The Kier molecular flexibility index (Phi) is 4.30. The first-order valence-corrected chi connectivity index (χ1v) is 6.98. The summed E-state index contributed by atoms with van der Waals surface area (Å²) >= 11 is 0. The maximum absolute atomic E-state index is 11.2. The molecule has 0 aromatic heterocycles. The number of nitrogens with zero attached hydrogens (tertiary/aromatic N) is 1. The average molecular weight is 261 g/mol. The van der Waals surface area contributed by atoms with Gasteiger partial charge in [0.15, 0.2) is 0 Å². The molecular formula is C15H23N3O. The molecule has 0 atom stereocenters. The first-order chi connectivity index (χ1) is 9.08. The molecule has 104 valence electrons. The van der Waals surface area contributed by atoms with E-state index in [-0.39, 0.29) is 0 Å². The summed E-state index contributed by atoms with van der Waals surface area (Å²) in [5.74, 6) is 0.322. The summed E-state index contributed by atoms with van der Waals surface area (Å²) in [6, 6.07) is 5.23. The molecule has 4 nitrogen and oxygen atoms in total. The van der Waals surface area contributed by atoms with Crippen molar-refractivity contribution in [3.05, 3.63) is 23.8 Å². The Morgan fingerprint density at radius 1 is 1.32 bits per heavy atom. The molecule has 1 aromatic rings. The Hall–Kier alpha value is -1.71. The minimum Gasteiger partial charge on any atom is -0.397 e. The lowest BCUT2D eigenvalue weighted by Crippen LogP contribution is -2.27. The normalized spacial score (nSPS) is 16.3. The van der Waals surface area contributed by atoms with Gasteiger partial charge in [-0.3, -0.25) is 4.79 Å². The molecule has 4 heteroatoms. The predicted molar refractivity (Wildman–Crippen MR) is 79.2 cm³/mol. The molecule has 0 saturated heterocycles. The number of primary amides is 1. The number of anilines is 2. The highest BCUT2D eigenvalue weighted by Crippen LogP contribution is 2.28. The van der Waals surface area contributed by atoms with Gasteiger partial charge in [-0.2, -0.15) is 0 Å². The van der Waals surface area contributed by atoms with Gasteiger partial charge in [0, 0.05) is 19.2 Å². The minimum absolute atomic E-state index is 0.410. The minimum atomic E-state index is -0.410. The Labute approximate surface area is 114 Å². The number of carbonyl (C=O) groups is 1. The molecule has 0 heterocycles. The molecule has 0 radical (unpaired) electrons. The maximum atomic E-state index is 11.2. The van der Waals surface area contributed by atoms with Crippen LogP contribution in [0.4, 0.5) is 11.4 Å². The molecule has 1 aromatic carbocycles. The van der Waals surface area contributed by atoms with Crippen molar-refractivity contribution in [1.82, 2.24) is 0 Å². The number of carbonyl (C=O) groups excluding carboxylic acids is 1. The standard InChI is InChI=1S/C15H23N3O/c1-18(10-11-5-3-2-4-6-11)14-9-12(15(17)19)7-8-13(14)16/h7-9,11H,2-6,10,16H2,1H3,(H2,17,19). The topological polar surface area (TPSA) is 72.3 Å². The molecule has 1 aliphatic carbocycles. The summed E-state index contributed by atoms with van der Waals surface area (Å²) in [5.41, 5.74) is 13.4. The van der Waals surface area contributed by atoms with E-state index in [1.54, 1.807) is 18.2 Å². The highest BCUT2D eigenvalue weighted by molar-refractivity contribution is 5.95. The summed E-state index contributed by atoms with van der Waals surface area (Å²) in [7, 11) is 2.03. The Morgan fingerprint density at radius 3 is 2.63 bits per heavy atom. The predicted octanol–water partition coefficient (Wildman–Crippen LogP) is 2.38. The Bertz CT molecular complexity index is 453. The number of nitrogen functional groups attached to an aromatic ring is 1. The number of amides is 1. The third-order valence-corrected chi connectivity index (χ3v) is 3.98. The van der Waals surface area contributed by atoms with Crippen LogP contribution in [-0.2, 0) is 0 Å². The van der Waals surface area contributed by atoms with E-state index in [2.05, 4.69) is 4.90 Å². The van der Waals surface area contributed by atoms with E-state index >= 15 is 0 Å². The quantitative estimate of drug-likeness (QED) is 0.817. The monoisotopic (exact) mass is 261 g/mol. The molecule has 4 N–H and O–H groups in total. The van der Waals surface area contributed by atoms with E-state index in [9.17, 15) is 4.79 Å². The van der Waals surface area contributed by atoms with Crippen molar-refractivity contribution in [2.24, 2.45) is 11.7 Å². The smallest absolute Gasteiger partial charge is 0.248 e. The van der Waals surface area contributed by atoms with Crippen molar-refractivity contribution < 1.29 is 4.79 Å². The van der Waals surface area contributed by atoms with Crippen LogP contribution in [0.25, 0.3) is 0 Å². The molecule has 1 saturated carbocycles. The number of hydrogen-bond donors (Lipinski definition) is 2. The molecular weight excluding hydrogens is 238 g/mol. The zero-order valence-electron chi connectivity index (χ0n) is 11.6. The Morgan fingerprint density at radius 2 is 2.00 bits per heavy atom. The lowest BCUT2D eigenvalue weighted by Gasteiger charge is -2.29. The van der Waals surface area contributed by atoms with Gasteiger partial charge in [0.1, 0.15) is 0 Å². The van der Waals surface area contributed by atoms with Gasteiger partial charge in [0.2, 0.25) is 5.91 Å². The van der Waals surface area contributed by atoms with Crippen LogP contribution in [0, 0.1) is 5.92 Å². The van der Waals surface area contributed by atoms with Gasteiger partial charge in [-0.15, -0.1) is 0 Å². The Balaban J connectivity index is 2.10. The SMILES string of the molecule is CN(CC1CCCCC1)c1cc(C(N)=O)ccc1N. The third kappa shape index (κ3) is 3.40. The second-order valence-electron chi connectivity index (χ2n) is 5.52. The van der Waals surface area contributed by atoms with E-state index in [4.69, 9.17) is 11.5 Å². The number of benzene rings is 1. The zero-order valence-corrected chi connectivity index (χ0v) is 11.6. The van der Waals surface area contributed by atoms with Crippen molar-refractivity contribution in [1.29, 1.82) is 0 Å². The summed E-state index contributed by atoms with van der Waals surface area (Å²) in [4.78, 5) is 13.4. The van der Waals surface area contributed by atoms with Crippen molar-refractivity contribution in [3.8, 4) is 0 Å². The average Bonchev–Trinajstić information content (AvgIpc) is 2.40. The van der Waals surface area contributed by atoms with E-state index in [1.165, 1.54) is 32.1 Å². The van der Waals surface area contributed by atoms with Crippen LogP contribution in [-0.4, -0.2) is 19.5 Å². The fourth-order valence-electron chi connectivity index (χ4n) is 2.88. The van der Waals surface area contributed by atoms with Crippen LogP contribution < -0.4 is 16.4 Å². The van der Waals surface area contributed by atoms with E-state index in [0.717, 1.165) is 18.2 Å². The van der Waals surface area contributed by atoms with Gasteiger partial charge >= 0.3 is 0 Å². The molecule has 0 aliphatic heterocycles. The molecule has 1 fully saturated rings. The third-order valence-electron chi connectivity index (χ3n) is 3.98. The molecule has 2 rings (SSSR count). The number of hydrogen-bond acceptors (Lipinski definition) is 3. The van der Waals surface area contributed by atoms with Gasteiger partial charge < -0.3 is 16.4 Å². The van der Waals surface area contributed by atoms with Crippen LogP contribution in [0.1, 0.15) is 42.5 Å². The summed E-state index contributed by atoms with van der Waals surface area (Å²) in [6.45, 7) is 0.992. The van der Waals surface area contributed by atoms with Crippen molar-refractivity contribution in [2.45, 2.75) is 32.1 Å². The van der Waals surface area contributed by atoms with Gasteiger partial charge in [-0.1, -0.05) is 19.3 Å². The van der Waals surface area contributed by atoms with E-state index in [1.807, 2.05) is 7.05 Å². The molecule has 0 spiro atoms. The van der Waals surface area contributed by atoms with E-state index < -0.39 is 5.91 Å². The molecule has 1 aliphatic rings. The molecule has 1 amide bonds. The first kappa shape index (κ1) is 13.7. The van der Waals surface area contributed by atoms with Crippen LogP contribution in [0.5, 0.6) is 0 Å².